The molecule has 2 rings (SSSR count). The maximum atomic E-state index is 12.6. The smallest absolute Gasteiger partial charge is 0.416 e. The standard InChI is InChI=1S/C24H21F3N4O2.C3H3.V/c1-3-31(22-13-7-18(8-14-22)5-4-6-21(17-28)29-2)15-16-33-23(32)30-20-11-9-19(10-12-20)24(25,26)27;1-3-2;/h4-14H,3,15-16H2,1H3,(H,30,32);1H3;/q;-1;/b5-4+,21-6-;;. The normalized spacial score (nSPS) is 10.5. The van der Waals surface area contributed by atoms with Gasteiger partial charge in [0.05, 0.1) is 24.7 Å². The molecule has 0 fully saturated rings. The van der Waals surface area contributed by atoms with Gasteiger partial charge in [0.2, 0.25) is 0 Å². The Hall–Kier alpha value is -4.10. The molecular formula is C27H24F3N4O2V-. The number of anilines is 2. The molecule has 0 aromatic heterocycles. The number of nitriles is 1. The van der Waals surface area contributed by atoms with Crippen molar-refractivity contribution in [2.75, 3.05) is 29.9 Å². The second-order valence-corrected chi connectivity index (χ2v) is 6.89. The third kappa shape index (κ3) is 12.4. The summed E-state index contributed by atoms with van der Waals surface area (Å²) >= 11 is 0. The quantitative estimate of drug-likeness (QED) is 0.174. The van der Waals surface area contributed by atoms with E-state index in [0.29, 0.717) is 13.1 Å². The minimum atomic E-state index is -4.44. The van der Waals surface area contributed by atoms with Gasteiger partial charge >= 0.3 is 12.3 Å². The molecule has 1 radical (unpaired) electrons. The Kier molecular flexibility index (Phi) is 15.4. The summed E-state index contributed by atoms with van der Waals surface area (Å²) in [5, 5.41) is 11.1. The molecule has 0 aliphatic rings. The fourth-order valence-electron chi connectivity index (χ4n) is 2.76. The van der Waals surface area contributed by atoms with E-state index in [9.17, 15) is 18.0 Å². The summed E-state index contributed by atoms with van der Waals surface area (Å²) in [6.07, 6.45) is 5.61. The number of ether oxygens (including phenoxy) is 1. The molecule has 1 amide bonds. The summed E-state index contributed by atoms with van der Waals surface area (Å²) in [4.78, 5) is 17.0. The number of likely N-dealkylation sites (N-methyl/N-ethyl adjacent to an activating group) is 1. The van der Waals surface area contributed by atoms with Crippen LogP contribution in [0.4, 0.5) is 29.3 Å². The van der Waals surface area contributed by atoms with Gasteiger partial charge in [-0.25, -0.2) is 14.9 Å². The van der Waals surface area contributed by atoms with Gasteiger partial charge in [-0.2, -0.15) is 13.2 Å². The molecule has 0 heterocycles. The maximum absolute atomic E-state index is 12.6. The fraction of sp³-hybridized carbons (Fsp3) is 0.222. The first kappa shape index (κ1) is 32.9. The molecule has 0 aliphatic carbocycles. The van der Waals surface area contributed by atoms with Crippen molar-refractivity contribution in [2.45, 2.75) is 20.0 Å². The number of allylic oxidation sites excluding steroid dienone is 3. The predicted octanol–water partition coefficient (Wildman–Crippen LogP) is 6.71. The second kappa shape index (κ2) is 17.4. The van der Waals surface area contributed by atoms with E-state index in [1.807, 2.05) is 42.0 Å². The van der Waals surface area contributed by atoms with Gasteiger partial charge in [-0.3, -0.25) is 5.32 Å². The molecule has 191 valence electrons. The van der Waals surface area contributed by atoms with Gasteiger partial charge < -0.3 is 22.0 Å². The number of hydrogen-bond acceptors (Lipinski definition) is 4. The molecule has 2 aromatic rings. The summed E-state index contributed by atoms with van der Waals surface area (Å²) in [6.45, 7) is 11.5. The molecule has 0 bridgehead atoms. The molecule has 1 N–H and O–H groups in total. The number of nitrogens with zero attached hydrogens (tertiary/aromatic N) is 3. The van der Waals surface area contributed by atoms with Crippen LogP contribution in [0, 0.1) is 30.2 Å². The molecule has 0 unspecified atom stereocenters. The molecule has 10 heteroatoms. The number of halogens is 3. The number of nitrogens with one attached hydrogen (secondary N) is 1. The Morgan fingerprint density at radius 2 is 1.78 bits per heavy atom. The van der Waals surface area contributed by atoms with Crippen LogP contribution in [0.5, 0.6) is 0 Å². The van der Waals surface area contributed by atoms with Crippen LogP contribution in [-0.2, 0) is 29.5 Å². The molecule has 0 saturated heterocycles. The molecule has 37 heavy (non-hydrogen) atoms. The number of hydrogen-bond donors (Lipinski definition) is 1. The monoisotopic (exact) mass is 544 g/mol. The summed E-state index contributed by atoms with van der Waals surface area (Å²) < 4.78 is 42.9. The Balaban J connectivity index is 0.00000308. The Morgan fingerprint density at radius 1 is 1.19 bits per heavy atom. The Bertz CT molecular complexity index is 1160. The average molecular weight is 544 g/mol. The fourth-order valence-corrected chi connectivity index (χ4v) is 2.76. The topological polar surface area (TPSA) is 69.7 Å². The molecule has 6 nitrogen and oxygen atoms in total. The van der Waals surface area contributed by atoms with Crippen molar-refractivity contribution in [1.29, 1.82) is 5.26 Å². The third-order valence-electron chi connectivity index (χ3n) is 4.47. The SMILES string of the molecule is [C-]#CC.[C-]#[N+]/C(C#N)=C\C=C\c1ccc(N(CC)CCOC(=O)Nc2ccc(C(F)(F)F)cc2)cc1.[V]. The van der Waals surface area contributed by atoms with Crippen molar-refractivity contribution in [3.05, 3.63) is 95.3 Å². The molecule has 0 saturated carbocycles. The van der Waals surface area contributed by atoms with Crippen LogP contribution in [0.3, 0.4) is 0 Å². The number of alkyl halides is 3. The van der Waals surface area contributed by atoms with Gasteiger partial charge in [0, 0.05) is 36.5 Å². The molecule has 0 atom stereocenters. The molecular weight excluding hydrogens is 520 g/mol. The van der Waals surface area contributed by atoms with Gasteiger partial charge in [-0.05, 0) is 61.9 Å². The largest absolute Gasteiger partial charge is 0.694 e. The van der Waals surface area contributed by atoms with Crippen molar-refractivity contribution in [1.82, 2.24) is 0 Å². The Morgan fingerprint density at radius 3 is 2.27 bits per heavy atom. The van der Waals surface area contributed by atoms with Crippen LogP contribution in [0.1, 0.15) is 25.0 Å². The first-order valence-electron chi connectivity index (χ1n) is 10.6. The second-order valence-electron chi connectivity index (χ2n) is 6.89. The average Bonchev–Trinajstić information content (AvgIpc) is 2.85. The van der Waals surface area contributed by atoms with Crippen LogP contribution in [0.25, 0.3) is 10.9 Å². The van der Waals surface area contributed by atoms with Gasteiger partial charge in [0.25, 0.3) is 5.70 Å². The third-order valence-corrected chi connectivity index (χ3v) is 4.47. The van der Waals surface area contributed by atoms with Crippen LogP contribution >= 0.6 is 0 Å². The minimum Gasteiger partial charge on any atom is -0.694 e. The number of carbonyl (C=O) groups excluding carboxylic acids is 1. The first-order valence-corrected chi connectivity index (χ1v) is 10.6. The van der Waals surface area contributed by atoms with Crippen LogP contribution in [0.15, 0.2) is 66.4 Å². The minimum absolute atomic E-state index is 0. The van der Waals surface area contributed by atoms with E-state index in [0.717, 1.165) is 35.5 Å². The van der Waals surface area contributed by atoms with E-state index in [1.54, 1.807) is 25.1 Å². The number of carbonyl (C=O) groups is 1. The van der Waals surface area contributed by atoms with E-state index in [1.165, 1.54) is 6.08 Å². The molecule has 2 aromatic carbocycles. The zero-order valence-corrected chi connectivity index (χ0v) is 21.6. The number of amides is 1. The van der Waals surface area contributed by atoms with E-state index in [2.05, 4.69) is 10.2 Å². The van der Waals surface area contributed by atoms with E-state index in [4.69, 9.17) is 23.0 Å². The van der Waals surface area contributed by atoms with Crippen molar-refractivity contribution in [2.24, 2.45) is 0 Å². The van der Waals surface area contributed by atoms with Crippen LogP contribution in [0.2, 0.25) is 0 Å². The van der Waals surface area contributed by atoms with E-state index in [-0.39, 0.29) is 36.5 Å². The van der Waals surface area contributed by atoms with Crippen LogP contribution in [-0.4, -0.2) is 25.8 Å². The molecule has 0 aliphatic heterocycles. The van der Waals surface area contributed by atoms with Crippen molar-refractivity contribution >= 4 is 23.5 Å². The first-order chi connectivity index (χ1) is 17.2. The van der Waals surface area contributed by atoms with Crippen molar-refractivity contribution < 1.29 is 41.3 Å². The molecule has 0 spiro atoms. The van der Waals surface area contributed by atoms with Crippen molar-refractivity contribution in [3.8, 4) is 12.0 Å². The summed E-state index contributed by atoms with van der Waals surface area (Å²) in [5.74, 6) is 2.00. The van der Waals surface area contributed by atoms with E-state index >= 15 is 0 Å². The van der Waals surface area contributed by atoms with Gasteiger partial charge in [0.1, 0.15) is 6.61 Å². The number of rotatable bonds is 8. The summed E-state index contributed by atoms with van der Waals surface area (Å²) in [7, 11) is 0. The van der Waals surface area contributed by atoms with Crippen molar-refractivity contribution in [3.63, 3.8) is 0 Å². The van der Waals surface area contributed by atoms with Gasteiger partial charge in [-0.1, -0.05) is 24.3 Å². The Labute approximate surface area is 227 Å². The zero-order chi connectivity index (χ0) is 27.0. The zero-order valence-electron chi connectivity index (χ0n) is 20.2. The number of benzene rings is 2. The van der Waals surface area contributed by atoms with Gasteiger partial charge in [0.15, 0.2) is 0 Å². The maximum Gasteiger partial charge on any atom is 0.416 e. The van der Waals surface area contributed by atoms with Gasteiger partial charge in [-0.15, -0.1) is 0 Å². The predicted molar refractivity (Wildman–Crippen MR) is 133 cm³/mol. The summed E-state index contributed by atoms with van der Waals surface area (Å²) in [5.41, 5.74) is 1.21. The van der Waals surface area contributed by atoms with Crippen LogP contribution < -0.4 is 10.2 Å². The van der Waals surface area contributed by atoms with E-state index < -0.39 is 17.8 Å². The summed E-state index contributed by atoms with van der Waals surface area (Å²) in [6, 6.07) is 13.4.